The maximum atomic E-state index is 13.7. The highest BCUT2D eigenvalue weighted by molar-refractivity contribution is 7.13. The van der Waals surface area contributed by atoms with Crippen molar-refractivity contribution >= 4 is 40.9 Å². The smallest absolute Gasteiger partial charge is 0.322 e. The summed E-state index contributed by atoms with van der Waals surface area (Å²) in [6, 6.07) is 5.90. The van der Waals surface area contributed by atoms with Crippen LogP contribution in [0.1, 0.15) is 57.7 Å². The number of hydrogen-bond acceptors (Lipinski definition) is 8. The average molecular weight is 602 g/mol. The molecule has 1 fully saturated rings. The van der Waals surface area contributed by atoms with Crippen LogP contribution >= 0.6 is 11.3 Å². The molecule has 2 aromatic rings. The number of nitrogens with one attached hydrogen (secondary N) is 3. The molecule has 0 aliphatic carbocycles. The first-order valence-corrected chi connectivity index (χ1v) is 14.7. The van der Waals surface area contributed by atoms with Gasteiger partial charge in [0.25, 0.3) is 0 Å². The van der Waals surface area contributed by atoms with Crippen molar-refractivity contribution in [3.05, 3.63) is 41.0 Å². The molecule has 0 radical (unpaired) electrons. The molecule has 3 rings (SSSR count). The van der Waals surface area contributed by atoms with E-state index in [0.717, 1.165) is 21.7 Å². The molecule has 1 aromatic heterocycles. The molecule has 12 nitrogen and oxygen atoms in total. The highest BCUT2D eigenvalue weighted by Crippen LogP contribution is 2.28. The lowest BCUT2D eigenvalue weighted by atomic mass is 9.85. The minimum Gasteiger partial charge on any atom is -0.480 e. The van der Waals surface area contributed by atoms with Gasteiger partial charge in [0.1, 0.15) is 18.6 Å². The number of aromatic nitrogens is 1. The van der Waals surface area contributed by atoms with Crippen molar-refractivity contribution < 1.29 is 34.2 Å². The second-order valence-corrected chi connectivity index (χ2v) is 12.3. The maximum absolute atomic E-state index is 13.7. The van der Waals surface area contributed by atoms with Gasteiger partial charge in [0, 0.05) is 32.4 Å². The number of aryl methyl sites for hydroxylation is 1. The molecule has 3 atom stereocenters. The first kappa shape index (κ1) is 32.7. The van der Waals surface area contributed by atoms with E-state index in [9.17, 15) is 29.1 Å². The molecule has 1 aliphatic heterocycles. The van der Waals surface area contributed by atoms with E-state index in [1.54, 1.807) is 37.6 Å². The van der Waals surface area contributed by atoms with Gasteiger partial charge < -0.3 is 31.1 Å². The SMILES string of the molecule is Cc1ncsc1-c1ccc(CNC(=O)C2CC(O)CN2C(=O)C(NC(=O)CCCC(=O)NCC(=O)O)C(C)(C)C)cc1. The molecule has 4 amide bonds. The van der Waals surface area contributed by atoms with Crippen LogP contribution in [0.5, 0.6) is 0 Å². The number of rotatable bonds is 12. The Kier molecular flexibility index (Phi) is 11.2. The Labute approximate surface area is 248 Å². The number of likely N-dealkylation sites (tertiary alicyclic amines) is 1. The number of aliphatic hydroxyl groups is 1. The molecule has 5 N–H and O–H groups in total. The number of amides is 4. The minimum absolute atomic E-state index is 0.0357. The van der Waals surface area contributed by atoms with Crippen molar-refractivity contribution in [3.63, 3.8) is 0 Å². The Hall–Kier alpha value is -3.84. The Bertz CT molecular complexity index is 1290. The molecule has 42 heavy (non-hydrogen) atoms. The number of aliphatic hydroxyl groups excluding tert-OH is 1. The van der Waals surface area contributed by atoms with Gasteiger partial charge in [-0.05, 0) is 29.9 Å². The van der Waals surface area contributed by atoms with Gasteiger partial charge in [-0.25, -0.2) is 4.98 Å². The molecule has 1 saturated heterocycles. The van der Waals surface area contributed by atoms with E-state index in [-0.39, 0.29) is 38.8 Å². The summed E-state index contributed by atoms with van der Waals surface area (Å²) in [7, 11) is 0. The summed E-state index contributed by atoms with van der Waals surface area (Å²) in [6.07, 6.45) is -0.720. The summed E-state index contributed by atoms with van der Waals surface area (Å²) >= 11 is 1.56. The fourth-order valence-corrected chi connectivity index (χ4v) is 5.50. The molecule has 2 heterocycles. The zero-order valence-corrected chi connectivity index (χ0v) is 25.1. The third-order valence-electron chi connectivity index (χ3n) is 6.96. The summed E-state index contributed by atoms with van der Waals surface area (Å²) in [5.74, 6) is -2.97. The van der Waals surface area contributed by atoms with E-state index in [1.165, 1.54) is 4.90 Å². The van der Waals surface area contributed by atoms with Gasteiger partial charge >= 0.3 is 5.97 Å². The van der Waals surface area contributed by atoms with Crippen LogP contribution < -0.4 is 16.0 Å². The van der Waals surface area contributed by atoms with Gasteiger partial charge in [-0.15, -0.1) is 11.3 Å². The Morgan fingerprint density at radius 2 is 1.74 bits per heavy atom. The van der Waals surface area contributed by atoms with Crippen molar-refractivity contribution in [1.29, 1.82) is 0 Å². The number of carbonyl (C=O) groups is 5. The summed E-state index contributed by atoms with van der Waals surface area (Å²) in [5, 5.41) is 26.8. The molecular formula is C29H39N5O7S. The van der Waals surface area contributed by atoms with E-state index in [1.807, 2.05) is 31.2 Å². The van der Waals surface area contributed by atoms with E-state index in [4.69, 9.17) is 5.11 Å². The Balaban J connectivity index is 1.59. The highest BCUT2D eigenvalue weighted by atomic mass is 32.1. The highest BCUT2D eigenvalue weighted by Gasteiger charge is 2.44. The zero-order valence-electron chi connectivity index (χ0n) is 24.3. The van der Waals surface area contributed by atoms with E-state index >= 15 is 0 Å². The standard InChI is InChI=1S/C29H39N5O7S/c1-17-25(42-16-32-17)19-10-8-18(9-11-19)13-31-27(40)21-12-20(35)15-34(21)28(41)26(29(2,3)4)33-23(37)7-5-6-22(36)30-14-24(38)39/h8-11,16,20-21,26,35H,5-7,12-15H2,1-4H3,(H,30,36)(H,31,40)(H,33,37)(H,38,39). The number of nitrogens with zero attached hydrogens (tertiary/aromatic N) is 2. The van der Waals surface area contributed by atoms with Gasteiger partial charge in [0.05, 0.1) is 22.2 Å². The van der Waals surface area contributed by atoms with Crippen LogP contribution in [0.15, 0.2) is 29.8 Å². The van der Waals surface area contributed by atoms with Crippen molar-refractivity contribution in [2.24, 2.45) is 5.41 Å². The van der Waals surface area contributed by atoms with E-state index in [0.29, 0.717) is 0 Å². The molecule has 0 spiro atoms. The van der Waals surface area contributed by atoms with Gasteiger partial charge in [0.15, 0.2) is 0 Å². The number of benzene rings is 1. The lowest BCUT2D eigenvalue weighted by molar-refractivity contribution is -0.144. The van der Waals surface area contributed by atoms with Crippen molar-refractivity contribution in [3.8, 4) is 10.4 Å². The lowest BCUT2D eigenvalue weighted by Crippen LogP contribution is -2.57. The van der Waals surface area contributed by atoms with Crippen LogP contribution in [0.25, 0.3) is 10.4 Å². The van der Waals surface area contributed by atoms with Gasteiger partial charge in [-0.1, -0.05) is 45.0 Å². The number of aliphatic carboxylic acids is 1. The fourth-order valence-electron chi connectivity index (χ4n) is 4.69. The number of β-amino-alcohol motifs (C(OH)–C–C–N with tert-alkyl or cyclic N) is 1. The Morgan fingerprint density at radius 3 is 2.33 bits per heavy atom. The zero-order chi connectivity index (χ0) is 31.0. The molecule has 3 unspecified atom stereocenters. The molecular weight excluding hydrogens is 562 g/mol. The molecule has 0 bridgehead atoms. The summed E-state index contributed by atoms with van der Waals surface area (Å²) < 4.78 is 0. The third kappa shape index (κ3) is 9.08. The maximum Gasteiger partial charge on any atom is 0.322 e. The number of hydrogen-bond donors (Lipinski definition) is 5. The normalized spacial score (nSPS) is 17.4. The van der Waals surface area contributed by atoms with Gasteiger partial charge in [-0.2, -0.15) is 0 Å². The third-order valence-corrected chi connectivity index (χ3v) is 7.93. The monoisotopic (exact) mass is 601 g/mol. The van der Waals surface area contributed by atoms with Gasteiger partial charge in [0.2, 0.25) is 23.6 Å². The number of carbonyl (C=O) groups excluding carboxylic acids is 4. The predicted molar refractivity (Wildman–Crippen MR) is 156 cm³/mol. The fraction of sp³-hybridized carbons (Fsp3) is 0.517. The largest absolute Gasteiger partial charge is 0.480 e. The van der Waals surface area contributed by atoms with Crippen LogP contribution in [0.3, 0.4) is 0 Å². The topological polar surface area (TPSA) is 178 Å². The molecule has 228 valence electrons. The first-order chi connectivity index (χ1) is 19.8. The second kappa shape index (κ2) is 14.4. The number of carboxylic acid groups (broad SMARTS) is 1. The average Bonchev–Trinajstić information content (AvgIpc) is 3.53. The van der Waals surface area contributed by atoms with Crippen LogP contribution in [0.4, 0.5) is 0 Å². The Morgan fingerprint density at radius 1 is 1.07 bits per heavy atom. The van der Waals surface area contributed by atoms with Crippen LogP contribution in [0, 0.1) is 12.3 Å². The number of thiazole rings is 1. The molecule has 0 saturated carbocycles. The predicted octanol–water partition coefficient (Wildman–Crippen LogP) is 1.60. The molecule has 13 heteroatoms. The molecule has 1 aliphatic rings. The summed E-state index contributed by atoms with van der Waals surface area (Å²) in [6.45, 7) is 7.02. The lowest BCUT2D eigenvalue weighted by Gasteiger charge is -2.35. The quantitative estimate of drug-likeness (QED) is 0.243. The van der Waals surface area contributed by atoms with E-state index < -0.39 is 59.7 Å². The van der Waals surface area contributed by atoms with Crippen molar-refractivity contribution in [1.82, 2.24) is 25.8 Å². The van der Waals surface area contributed by atoms with E-state index in [2.05, 4.69) is 20.9 Å². The van der Waals surface area contributed by atoms with Crippen molar-refractivity contribution in [2.75, 3.05) is 13.1 Å². The molecule has 1 aromatic carbocycles. The second-order valence-electron chi connectivity index (χ2n) is 11.5. The van der Waals surface area contributed by atoms with Gasteiger partial charge in [-0.3, -0.25) is 24.0 Å². The first-order valence-electron chi connectivity index (χ1n) is 13.8. The summed E-state index contributed by atoms with van der Waals surface area (Å²) in [5.41, 5.74) is 3.96. The summed E-state index contributed by atoms with van der Waals surface area (Å²) in [4.78, 5) is 68.5. The van der Waals surface area contributed by atoms with Crippen LogP contribution in [-0.4, -0.2) is 81.0 Å². The van der Waals surface area contributed by atoms with Crippen LogP contribution in [0.2, 0.25) is 0 Å². The minimum atomic E-state index is -1.16. The van der Waals surface area contributed by atoms with Crippen molar-refractivity contribution in [2.45, 2.75) is 78.1 Å². The number of carboxylic acids is 1. The van der Waals surface area contributed by atoms with Crippen LogP contribution in [-0.2, 0) is 30.5 Å².